The maximum atomic E-state index is 11.6. The predicted octanol–water partition coefficient (Wildman–Crippen LogP) is 6.42. The molecule has 1 aliphatic heterocycles. The Hall–Kier alpha value is -2.91. The van der Waals surface area contributed by atoms with Gasteiger partial charge in [0.25, 0.3) is 0 Å². The molecule has 152 valence electrons. The van der Waals surface area contributed by atoms with E-state index in [1.165, 1.54) is 0 Å². The number of hydrogen-bond donors (Lipinski definition) is 0. The van der Waals surface area contributed by atoms with Crippen molar-refractivity contribution in [2.75, 3.05) is 14.2 Å². The Morgan fingerprint density at radius 2 is 1.79 bits per heavy atom. The van der Waals surface area contributed by atoms with Crippen LogP contribution < -0.4 is 4.74 Å². The van der Waals surface area contributed by atoms with Gasteiger partial charge in [-0.25, -0.2) is 0 Å². The van der Waals surface area contributed by atoms with Crippen molar-refractivity contribution < 1.29 is 14.3 Å². The molecule has 29 heavy (non-hydrogen) atoms. The van der Waals surface area contributed by atoms with Crippen molar-refractivity contribution in [1.82, 2.24) is 0 Å². The molecule has 0 aliphatic carbocycles. The fraction of sp³-hybridized carbons (Fsp3) is 0.269. The number of para-hydroxylation sites is 1. The summed E-state index contributed by atoms with van der Waals surface area (Å²) < 4.78 is 10.5. The Balaban J connectivity index is 0.000000941. The van der Waals surface area contributed by atoms with Crippen molar-refractivity contribution >= 4 is 6.29 Å². The number of benzene rings is 2. The number of fused-ring (bicyclic) bond motifs is 1. The molecule has 0 bridgehead atoms. The largest absolute Gasteiger partial charge is 0.456 e. The zero-order valence-corrected chi connectivity index (χ0v) is 18.2. The van der Waals surface area contributed by atoms with E-state index in [0.29, 0.717) is 5.56 Å². The summed E-state index contributed by atoms with van der Waals surface area (Å²) in [5.74, 6) is 1.56. The maximum absolute atomic E-state index is 11.6. The number of carbonyl (C=O) groups is 1. The second kappa shape index (κ2) is 9.53. The quantitative estimate of drug-likeness (QED) is 0.565. The van der Waals surface area contributed by atoms with E-state index in [4.69, 9.17) is 4.74 Å². The summed E-state index contributed by atoms with van der Waals surface area (Å²) in [5.41, 5.74) is 5.51. The average Bonchev–Trinajstić information content (AvgIpc) is 2.70. The van der Waals surface area contributed by atoms with Crippen LogP contribution in [0.3, 0.4) is 0 Å². The molecular weight excluding hydrogens is 360 g/mol. The normalized spacial score (nSPS) is 14.6. The second-order valence-electron chi connectivity index (χ2n) is 7.51. The molecule has 0 saturated carbocycles. The van der Waals surface area contributed by atoms with E-state index >= 15 is 0 Å². The summed E-state index contributed by atoms with van der Waals surface area (Å²) in [5, 5.41) is 0. The predicted molar refractivity (Wildman–Crippen MR) is 121 cm³/mol. The number of ether oxygens (including phenoxy) is 2. The highest BCUT2D eigenvalue weighted by atomic mass is 16.5. The molecule has 0 saturated heterocycles. The van der Waals surface area contributed by atoms with Gasteiger partial charge in [-0.05, 0) is 31.6 Å². The molecule has 2 aromatic carbocycles. The van der Waals surface area contributed by atoms with Crippen LogP contribution in [0.25, 0.3) is 11.1 Å². The molecule has 3 nitrogen and oxygen atoms in total. The Morgan fingerprint density at radius 1 is 1.10 bits per heavy atom. The van der Waals surface area contributed by atoms with Crippen LogP contribution in [0.1, 0.15) is 42.3 Å². The van der Waals surface area contributed by atoms with E-state index in [1.54, 1.807) is 20.3 Å². The zero-order chi connectivity index (χ0) is 21.6. The molecule has 0 amide bonds. The van der Waals surface area contributed by atoms with Gasteiger partial charge in [0.15, 0.2) is 6.29 Å². The minimum Gasteiger partial charge on any atom is -0.456 e. The first kappa shape index (κ1) is 22.4. The molecule has 0 N–H and O–H groups in total. The van der Waals surface area contributed by atoms with E-state index in [0.717, 1.165) is 45.6 Å². The average molecular weight is 391 g/mol. The number of rotatable bonds is 4. The molecule has 0 unspecified atom stereocenters. The third-order valence-electron chi connectivity index (χ3n) is 4.98. The first-order chi connectivity index (χ1) is 13.8. The van der Waals surface area contributed by atoms with Crippen LogP contribution in [0, 0.1) is 6.92 Å². The van der Waals surface area contributed by atoms with Gasteiger partial charge in [0, 0.05) is 41.9 Å². The fourth-order valence-electron chi connectivity index (χ4n) is 3.60. The van der Waals surface area contributed by atoms with Gasteiger partial charge in [-0.1, -0.05) is 68.5 Å². The Morgan fingerprint density at radius 3 is 2.38 bits per heavy atom. The number of methoxy groups -OCH3 is 1. The number of carbonyl (C=O) groups excluding carboxylic acids is 1. The minimum absolute atomic E-state index is 0.230. The summed E-state index contributed by atoms with van der Waals surface area (Å²) in [6.45, 7) is 12.3. The lowest BCUT2D eigenvalue weighted by atomic mass is 9.74. The van der Waals surface area contributed by atoms with E-state index in [-0.39, 0.29) is 5.41 Å². The molecule has 0 radical (unpaired) electrons. The number of aldehydes is 1. The highest BCUT2D eigenvalue weighted by Crippen LogP contribution is 2.48. The lowest BCUT2D eigenvalue weighted by Gasteiger charge is -2.36. The van der Waals surface area contributed by atoms with Crippen LogP contribution in [0.15, 0.2) is 72.5 Å². The van der Waals surface area contributed by atoms with Crippen molar-refractivity contribution in [2.24, 2.45) is 0 Å². The minimum atomic E-state index is -0.230. The lowest BCUT2D eigenvalue weighted by Crippen LogP contribution is -2.27. The Bertz CT molecular complexity index is 962. The summed E-state index contributed by atoms with van der Waals surface area (Å²) in [7, 11) is 3.25. The van der Waals surface area contributed by atoms with Crippen molar-refractivity contribution in [2.45, 2.75) is 33.1 Å². The molecule has 3 rings (SSSR count). The fourth-order valence-corrected chi connectivity index (χ4v) is 3.60. The van der Waals surface area contributed by atoms with Gasteiger partial charge in [-0.3, -0.25) is 4.79 Å². The van der Waals surface area contributed by atoms with E-state index in [9.17, 15) is 4.79 Å². The summed E-state index contributed by atoms with van der Waals surface area (Å²) in [6.07, 6.45) is 6.76. The molecule has 3 heteroatoms. The van der Waals surface area contributed by atoms with Crippen molar-refractivity contribution in [3.63, 3.8) is 0 Å². The first-order valence-corrected chi connectivity index (χ1v) is 9.63. The van der Waals surface area contributed by atoms with Crippen LogP contribution in [0.4, 0.5) is 0 Å². The van der Waals surface area contributed by atoms with Crippen molar-refractivity contribution in [3.05, 3.63) is 89.2 Å². The lowest BCUT2D eigenvalue weighted by molar-refractivity contribution is 0.112. The maximum Gasteiger partial charge on any atom is 0.150 e. The number of allylic oxidation sites excluding steroid dienone is 4. The topological polar surface area (TPSA) is 35.5 Å². The highest BCUT2D eigenvalue weighted by molar-refractivity contribution is 5.90. The van der Waals surface area contributed by atoms with Crippen molar-refractivity contribution in [1.29, 1.82) is 0 Å². The molecule has 0 spiro atoms. The second-order valence-corrected chi connectivity index (χ2v) is 7.51. The molecule has 0 aromatic heterocycles. The number of aryl methyl sites for hydroxylation is 1. The summed E-state index contributed by atoms with van der Waals surface area (Å²) >= 11 is 0. The Kier molecular flexibility index (Phi) is 7.35. The molecule has 1 heterocycles. The van der Waals surface area contributed by atoms with Gasteiger partial charge in [0.1, 0.15) is 11.5 Å². The molecule has 0 atom stereocenters. The van der Waals surface area contributed by atoms with Crippen LogP contribution in [0.5, 0.6) is 5.75 Å². The van der Waals surface area contributed by atoms with Gasteiger partial charge in [-0.15, -0.1) is 0 Å². The van der Waals surface area contributed by atoms with Gasteiger partial charge in [-0.2, -0.15) is 0 Å². The third-order valence-corrected chi connectivity index (χ3v) is 4.98. The van der Waals surface area contributed by atoms with Crippen LogP contribution >= 0.6 is 0 Å². The summed E-state index contributed by atoms with van der Waals surface area (Å²) in [6, 6.07) is 12.0. The van der Waals surface area contributed by atoms with Gasteiger partial charge in [0.05, 0.1) is 0 Å². The first-order valence-electron chi connectivity index (χ1n) is 9.63. The van der Waals surface area contributed by atoms with Gasteiger partial charge < -0.3 is 9.47 Å². The van der Waals surface area contributed by atoms with E-state index in [2.05, 4.69) is 37.3 Å². The van der Waals surface area contributed by atoms with Crippen LogP contribution in [-0.2, 0) is 10.2 Å². The molecule has 2 aromatic rings. The standard InChI is InChI=1S/C24H24O2.C2H6O/c1-6-9-20-22(7-2)26-23-19(10-8-11-21(23)24(20,4)5)18-13-12-16(3)14-17(18)15-25;1-3-2/h6-15H,2H2,1,3-5H3;1-2H3/b9-6-;. The Labute approximate surface area is 174 Å². The van der Waals surface area contributed by atoms with E-state index in [1.807, 2.05) is 50.3 Å². The third kappa shape index (κ3) is 4.41. The zero-order valence-electron chi connectivity index (χ0n) is 18.2. The SMILES string of the molecule is C=CC1=C(/C=C\C)C(C)(C)c2cccc(-c3ccc(C)cc3C=O)c2O1.COC. The smallest absolute Gasteiger partial charge is 0.150 e. The van der Waals surface area contributed by atoms with Crippen LogP contribution in [-0.4, -0.2) is 20.5 Å². The molecular formula is C26H30O3. The highest BCUT2D eigenvalue weighted by Gasteiger charge is 2.35. The van der Waals surface area contributed by atoms with Crippen molar-refractivity contribution in [3.8, 4) is 16.9 Å². The monoisotopic (exact) mass is 390 g/mol. The van der Waals surface area contributed by atoms with Gasteiger partial charge >= 0.3 is 0 Å². The summed E-state index contributed by atoms with van der Waals surface area (Å²) in [4.78, 5) is 11.6. The van der Waals surface area contributed by atoms with Crippen LogP contribution in [0.2, 0.25) is 0 Å². The van der Waals surface area contributed by atoms with Gasteiger partial charge in [0.2, 0.25) is 0 Å². The molecule has 1 aliphatic rings. The molecule has 0 fully saturated rings. The number of hydrogen-bond acceptors (Lipinski definition) is 3. The van der Waals surface area contributed by atoms with E-state index < -0.39 is 0 Å².